The molecule has 0 aromatic carbocycles. The van der Waals surface area contributed by atoms with Gasteiger partial charge in [-0.15, -0.1) is 0 Å². The van der Waals surface area contributed by atoms with Crippen molar-refractivity contribution < 1.29 is 38.2 Å². The molecule has 8 nitrogen and oxygen atoms in total. The van der Waals surface area contributed by atoms with Crippen molar-refractivity contribution in [3.63, 3.8) is 0 Å². The minimum absolute atomic E-state index is 0.00817. The van der Waals surface area contributed by atoms with Crippen LogP contribution in [0.25, 0.3) is 0 Å². The fourth-order valence-corrected chi connectivity index (χ4v) is 5.58. The number of allylic oxidation sites excluding steroid dienone is 12. The fourth-order valence-electron chi connectivity index (χ4n) is 5.58. The second-order valence-electron chi connectivity index (χ2n) is 14.8. The Morgan fingerprint density at radius 3 is 1.61 bits per heavy atom. The van der Waals surface area contributed by atoms with E-state index in [9.17, 15) is 19.5 Å². The maximum absolute atomic E-state index is 12.7. The Morgan fingerprint density at radius 2 is 1.07 bits per heavy atom. The normalized spacial score (nSPS) is 13.7. The third kappa shape index (κ3) is 34.5. The van der Waals surface area contributed by atoms with E-state index in [1.54, 1.807) is 21.1 Å². The molecule has 0 heterocycles. The molecular formula is C46H77NO7. The number of hydrogen-bond acceptors (Lipinski definition) is 7. The zero-order valence-corrected chi connectivity index (χ0v) is 34.9. The van der Waals surface area contributed by atoms with E-state index in [0.717, 1.165) is 64.2 Å². The average Bonchev–Trinajstić information content (AvgIpc) is 3.12. The number of likely N-dealkylation sites (N-methyl/N-ethyl adjacent to an activating group) is 1. The van der Waals surface area contributed by atoms with Crippen molar-refractivity contribution >= 4 is 17.9 Å². The van der Waals surface area contributed by atoms with Crippen LogP contribution in [-0.4, -0.2) is 75.5 Å². The topological polar surface area (TPSA) is 102 Å². The zero-order chi connectivity index (χ0) is 40.0. The molecule has 0 aromatic rings. The van der Waals surface area contributed by atoms with Crippen LogP contribution < -0.4 is 5.11 Å². The van der Waals surface area contributed by atoms with Gasteiger partial charge in [-0.25, -0.2) is 0 Å². The number of carboxylic acids is 1. The summed E-state index contributed by atoms with van der Waals surface area (Å²) in [4.78, 5) is 36.7. The van der Waals surface area contributed by atoms with E-state index in [0.29, 0.717) is 6.42 Å². The van der Waals surface area contributed by atoms with Gasteiger partial charge in [0.1, 0.15) is 12.6 Å². The lowest BCUT2D eigenvalue weighted by molar-refractivity contribution is -0.889. The molecule has 54 heavy (non-hydrogen) atoms. The van der Waals surface area contributed by atoms with Gasteiger partial charge in [0.05, 0.1) is 40.3 Å². The standard InChI is InChI=1S/C46H77NO7/c1-6-8-10-12-14-16-18-20-22-23-25-26-28-30-32-34-36-44(48)53-41-42(40-52-39-38-43(46(50)51)47(3,4)5)54-45(49)37-35-33-31-29-27-24-21-19-17-15-13-11-9-7-2/h8,10,14,16,20,22,24-27,30,32,42-43H,6-7,9,11-13,15,17-19,21,23,28-29,31,33-41H2,1-5H3/b10-8+,16-14+,22-20+,26-25+,27-24+,32-30+. The van der Waals surface area contributed by atoms with Crippen molar-refractivity contribution in [3.05, 3.63) is 72.9 Å². The van der Waals surface area contributed by atoms with E-state index in [4.69, 9.17) is 14.2 Å². The molecule has 0 spiro atoms. The van der Waals surface area contributed by atoms with Gasteiger partial charge in [0.15, 0.2) is 6.10 Å². The second kappa shape index (κ2) is 36.7. The van der Waals surface area contributed by atoms with E-state index in [1.165, 1.54) is 44.9 Å². The molecule has 2 unspecified atom stereocenters. The van der Waals surface area contributed by atoms with Crippen molar-refractivity contribution in [2.75, 3.05) is 41.0 Å². The summed E-state index contributed by atoms with van der Waals surface area (Å²) in [5.41, 5.74) is 0. The zero-order valence-electron chi connectivity index (χ0n) is 34.9. The van der Waals surface area contributed by atoms with E-state index >= 15 is 0 Å². The molecule has 0 aliphatic carbocycles. The molecule has 0 saturated carbocycles. The quantitative estimate of drug-likeness (QED) is 0.0272. The van der Waals surface area contributed by atoms with Gasteiger partial charge in [-0.05, 0) is 70.6 Å². The van der Waals surface area contributed by atoms with Gasteiger partial charge in [-0.1, -0.05) is 132 Å². The summed E-state index contributed by atoms with van der Waals surface area (Å²) in [6, 6.07) is -0.741. The van der Waals surface area contributed by atoms with Gasteiger partial charge in [-0.2, -0.15) is 0 Å². The molecule has 0 rings (SSSR count). The Labute approximate surface area is 330 Å². The predicted octanol–water partition coefficient (Wildman–Crippen LogP) is 9.85. The molecule has 2 atom stereocenters. The number of quaternary nitrogens is 1. The number of unbranched alkanes of at least 4 members (excludes halogenated alkanes) is 10. The van der Waals surface area contributed by atoms with Crippen molar-refractivity contribution in [1.29, 1.82) is 0 Å². The Morgan fingerprint density at radius 1 is 0.574 bits per heavy atom. The van der Waals surface area contributed by atoms with E-state index in [-0.39, 0.29) is 55.5 Å². The number of carboxylic acid groups (broad SMARTS) is 1. The predicted molar refractivity (Wildman–Crippen MR) is 222 cm³/mol. The SMILES string of the molecule is CC/C=C/C/C=C/C/C=C/C/C=C/C/C=C/CCC(=O)OCC(COCCC(C(=O)[O-])[N+](C)(C)C)OC(=O)CCCCC/C=C/CCCCCCCCC. The van der Waals surface area contributed by atoms with Crippen molar-refractivity contribution in [2.45, 2.75) is 161 Å². The minimum Gasteiger partial charge on any atom is -0.544 e. The number of carbonyl (C=O) groups excluding carboxylic acids is 3. The van der Waals surface area contributed by atoms with Gasteiger partial charge in [0.2, 0.25) is 0 Å². The molecule has 0 amide bonds. The molecule has 0 aliphatic heterocycles. The maximum atomic E-state index is 12.7. The van der Waals surface area contributed by atoms with Crippen molar-refractivity contribution in [1.82, 2.24) is 0 Å². The van der Waals surface area contributed by atoms with Crippen LogP contribution in [0.3, 0.4) is 0 Å². The number of nitrogens with zero attached hydrogens (tertiary/aromatic N) is 1. The maximum Gasteiger partial charge on any atom is 0.306 e. The Hall–Kier alpha value is -3.23. The Bertz CT molecular complexity index is 1110. The van der Waals surface area contributed by atoms with Gasteiger partial charge < -0.3 is 28.6 Å². The largest absolute Gasteiger partial charge is 0.544 e. The third-order valence-corrected chi connectivity index (χ3v) is 8.84. The molecular weight excluding hydrogens is 679 g/mol. The number of rotatable bonds is 36. The molecule has 0 bridgehead atoms. The summed E-state index contributed by atoms with van der Waals surface area (Å²) in [6.45, 7) is 4.42. The number of carbonyl (C=O) groups is 3. The Balaban J connectivity index is 4.53. The highest BCUT2D eigenvalue weighted by Crippen LogP contribution is 2.12. The summed E-state index contributed by atoms with van der Waals surface area (Å²) in [7, 11) is 5.37. The molecule has 308 valence electrons. The van der Waals surface area contributed by atoms with Crippen LogP contribution in [0, 0.1) is 0 Å². The Kier molecular flexibility index (Phi) is 34.5. The lowest BCUT2D eigenvalue weighted by atomic mass is 10.1. The molecule has 0 aliphatic rings. The number of ether oxygens (including phenoxy) is 3. The number of aliphatic carboxylic acids is 1. The van der Waals surface area contributed by atoms with Crippen LogP contribution in [-0.2, 0) is 28.6 Å². The van der Waals surface area contributed by atoms with E-state index in [1.807, 2.05) is 12.2 Å². The third-order valence-electron chi connectivity index (χ3n) is 8.84. The number of hydrogen-bond donors (Lipinski definition) is 0. The van der Waals surface area contributed by atoms with Crippen LogP contribution in [0.4, 0.5) is 0 Å². The molecule has 0 fully saturated rings. The fraction of sp³-hybridized carbons (Fsp3) is 0.674. The van der Waals surface area contributed by atoms with E-state index < -0.39 is 18.1 Å². The van der Waals surface area contributed by atoms with Gasteiger partial charge in [0.25, 0.3) is 0 Å². The monoisotopic (exact) mass is 756 g/mol. The average molecular weight is 756 g/mol. The van der Waals surface area contributed by atoms with Gasteiger partial charge in [-0.3, -0.25) is 9.59 Å². The van der Waals surface area contributed by atoms with Crippen LogP contribution in [0.1, 0.15) is 149 Å². The summed E-state index contributed by atoms with van der Waals surface area (Å²) in [6.07, 6.45) is 45.1. The van der Waals surface area contributed by atoms with Crippen molar-refractivity contribution in [3.8, 4) is 0 Å². The smallest absolute Gasteiger partial charge is 0.306 e. The first kappa shape index (κ1) is 50.8. The number of esters is 2. The summed E-state index contributed by atoms with van der Waals surface area (Å²) in [5.74, 6) is -1.87. The second-order valence-corrected chi connectivity index (χ2v) is 14.8. The van der Waals surface area contributed by atoms with Crippen molar-refractivity contribution in [2.24, 2.45) is 0 Å². The first-order chi connectivity index (χ1) is 26.1. The molecule has 0 saturated heterocycles. The van der Waals surface area contributed by atoms with Gasteiger partial charge >= 0.3 is 11.9 Å². The van der Waals surface area contributed by atoms with Crippen LogP contribution in [0.2, 0.25) is 0 Å². The van der Waals surface area contributed by atoms with E-state index in [2.05, 4.69) is 74.6 Å². The molecule has 0 N–H and O–H groups in total. The van der Waals surface area contributed by atoms with Crippen LogP contribution in [0.15, 0.2) is 72.9 Å². The van der Waals surface area contributed by atoms with Crippen LogP contribution in [0.5, 0.6) is 0 Å². The lowest BCUT2D eigenvalue weighted by Gasteiger charge is -2.34. The molecule has 0 radical (unpaired) electrons. The lowest BCUT2D eigenvalue weighted by Crippen LogP contribution is -2.55. The van der Waals surface area contributed by atoms with Gasteiger partial charge in [0, 0.05) is 19.3 Å². The summed E-state index contributed by atoms with van der Waals surface area (Å²) < 4.78 is 17.0. The minimum atomic E-state index is -1.14. The highest BCUT2D eigenvalue weighted by Gasteiger charge is 2.25. The summed E-state index contributed by atoms with van der Waals surface area (Å²) in [5, 5.41) is 11.6. The first-order valence-corrected chi connectivity index (χ1v) is 21.0. The molecule has 0 aromatic heterocycles. The summed E-state index contributed by atoms with van der Waals surface area (Å²) >= 11 is 0. The first-order valence-electron chi connectivity index (χ1n) is 21.0. The highest BCUT2D eigenvalue weighted by molar-refractivity contribution is 5.70. The highest BCUT2D eigenvalue weighted by atomic mass is 16.6. The van der Waals surface area contributed by atoms with Crippen LogP contribution >= 0.6 is 0 Å². The molecule has 8 heteroatoms.